The molecule has 0 aliphatic carbocycles. The first-order valence-electron chi connectivity index (χ1n) is 8.63. The van der Waals surface area contributed by atoms with Crippen molar-refractivity contribution in [1.29, 1.82) is 0 Å². The number of alkyl halides is 3. The van der Waals surface area contributed by atoms with E-state index in [1.54, 1.807) is 4.68 Å². The van der Waals surface area contributed by atoms with Gasteiger partial charge in [-0.1, -0.05) is 18.2 Å². The number of fused-ring (bicyclic) bond motifs is 1. The van der Waals surface area contributed by atoms with Gasteiger partial charge in [0.25, 0.3) is 5.56 Å². The van der Waals surface area contributed by atoms with Crippen LogP contribution in [0.3, 0.4) is 0 Å². The van der Waals surface area contributed by atoms with Gasteiger partial charge in [0, 0.05) is 13.0 Å². The van der Waals surface area contributed by atoms with Gasteiger partial charge >= 0.3 is 6.18 Å². The molecule has 1 saturated heterocycles. The molecule has 0 spiro atoms. The zero-order valence-electron chi connectivity index (χ0n) is 14.3. The lowest BCUT2D eigenvalue weighted by Gasteiger charge is -2.22. The van der Waals surface area contributed by atoms with Crippen molar-refractivity contribution in [2.75, 3.05) is 13.2 Å². The lowest BCUT2D eigenvalue weighted by atomic mass is 10.0. The molecular weight excluding hydrogens is 361 g/mol. The van der Waals surface area contributed by atoms with Gasteiger partial charge in [0.15, 0.2) is 5.65 Å². The summed E-state index contributed by atoms with van der Waals surface area (Å²) < 4.78 is 46.8. The Morgan fingerprint density at radius 1 is 1.30 bits per heavy atom. The number of nitrogens with zero attached hydrogens (tertiary/aromatic N) is 3. The molecular formula is C18H17F3N4O2. The maximum Gasteiger partial charge on any atom is 0.416 e. The molecule has 9 heteroatoms. The van der Waals surface area contributed by atoms with E-state index in [0.29, 0.717) is 24.2 Å². The van der Waals surface area contributed by atoms with Gasteiger partial charge in [0.2, 0.25) is 0 Å². The smallest absolute Gasteiger partial charge is 0.379 e. The van der Waals surface area contributed by atoms with Crippen LogP contribution in [0.5, 0.6) is 0 Å². The molecule has 27 heavy (non-hydrogen) atoms. The lowest BCUT2D eigenvalue weighted by molar-refractivity contribution is -0.138. The molecule has 1 aliphatic rings. The fraction of sp³-hybridized carbons (Fsp3) is 0.389. The third-order valence-corrected chi connectivity index (χ3v) is 4.68. The first-order valence-corrected chi connectivity index (χ1v) is 8.63. The second kappa shape index (κ2) is 6.80. The van der Waals surface area contributed by atoms with Gasteiger partial charge in [-0.3, -0.25) is 4.79 Å². The number of rotatable bonds is 3. The van der Waals surface area contributed by atoms with E-state index in [-0.39, 0.29) is 23.9 Å². The maximum atomic E-state index is 13.2. The summed E-state index contributed by atoms with van der Waals surface area (Å²) >= 11 is 0. The van der Waals surface area contributed by atoms with Crippen LogP contribution in [0.15, 0.2) is 35.3 Å². The monoisotopic (exact) mass is 378 g/mol. The Morgan fingerprint density at radius 3 is 2.85 bits per heavy atom. The molecule has 3 aromatic rings. The van der Waals surface area contributed by atoms with Gasteiger partial charge in [-0.05, 0) is 24.5 Å². The minimum absolute atomic E-state index is 0.0409. The number of nitrogens with one attached hydrogen (secondary N) is 1. The van der Waals surface area contributed by atoms with E-state index in [9.17, 15) is 18.0 Å². The molecule has 1 N–H and O–H groups in total. The number of benzene rings is 1. The van der Waals surface area contributed by atoms with Crippen molar-refractivity contribution in [3.63, 3.8) is 0 Å². The van der Waals surface area contributed by atoms with E-state index in [0.717, 1.165) is 18.9 Å². The van der Waals surface area contributed by atoms with Crippen LogP contribution in [0.2, 0.25) is 0 Å². The van der Waals surface area contributed by atoms with Crippen molar-refractivity contribution in [2.24, 2.45) is 0 Å². The number of H-pyrrole nitrogens is 1. The molecule has 0 bridgehead atoms. The Bertz CT molecular complexity index is 1020. The molecule has 1 unspecified atom stereocenters. The number of halogens is 3. The van der Waals surface area contributed by atoms with Crippen LogP contribution in [-0.4, -0.2) is 33.0 Å². The van der Waals surface area contributed by atoms with E-state index in [1.807, 2.05) is 0 Å². The number of ether oxygens (including phenoxy) is 1. The first kappa shape index (κ1) is 17.7. The van der Waals surface area contributed by atoms with Crippen molar-refractivity contribution in [1.82, 2.24) is 19.7 Å². The van der Waals surface area contributed by atoms with Crippen LogP contribution in [-0.2, 0) is 17.3 Å². The van der Waals surface area contributed by atoms with Crippen LogP contribution in [0, 0.1) is 0 Å². The zero-order valence-corrected chi connectivity index (χ0v) is 14.3. The predicted octanol–water partition coefficient (Wildman–Crippen LogP) is 3.08. The van der Waals surface area contributed by atoms with Crippen LogP contribution >= 0.6 is 0 Å². The molecule has 142 valence electrons. The standard InChI is InChI=1S/C18H17F3N4O2/c19-18(20,21)14-6-2-1-4-11(14)8-15-23-16-13(17(26)24-15)9-22-25(16)12-5-3-7-27-10-12/h1-2,4,6,9,12H,3,5,7-8,10H2,(H,23,24,26). The average Bonchev–Trinajstić information content (AvgIpc) is 3.06. The van der Waals surface area contributed by atoms with Crippen LogP contribution < -0.4 is 5.56 Å². The summed E-state index contributed by atoms with van der Waals surface area (Å²) in [6.07, 6.45) is -1.45. The van der Waals surface area contributed by atoms with Crippen LogP contribution in [0.1, 0.15) is 35.8 Å². The third kappa shape index (κ3) is 3.46. The molecule has 0 radical (unpaired) electrons. The highest BCUT2D eigenvalue weighted by molar-refractivity contribution is 5.73. The lowest BCUT2D eigenvalue weighted by Crippen LogP contribution is -2.23. The summed E-state index contributed by atoms with van der Waals surface area (Å²) in [6.45, 7) is 1.15. The Balaban J connectivity index is 1.74. The second-order valence-corrected chi connectivity index (χ2v) is 6.54. The van der Waals surface area contributed by atoms with Gasteiger partial charge in [0.1, 0.15) is 11.2 Å². The molecule has 2 aromatic heterocycles. The van der Waals surface area contributed by atoms with Crippen molar-refractivity contribution in [2.45, 2.75) is 31.5 Å². The normalized spacial score (nSPS) is 18.1. The van der Waals surface area contributed by atoms with E-state index in [4.69, 9.17) is 4.74 Å². The highest BCUT2D eigenvalue weighted by Gasteiger charge is 2.33. The predicted molar refractivity (Wildman–Crippen MR) is 91.5 cm³/mol. The largest absolute Gasteiger partial charge is 0.416 e. The number of aromatic amines is 1. The molecule has 3 heterocycles. The highest BCUT2D eigenvalue weighted by atomic mass is 19.4. The number of hydrogen-bond acceptors (Lipinski definition) is 4. The summed E-state index contributed by atoms with van der Waals surface area (Å²) in [5.74, 6) is 0.169. The Morgan fingerprint density at radius 2 is 2.11 bits per heavy atom. The number of hydrogen-bond donors (Lipinski definition) is 1. The molecule has 0 saturated carbocycles. The summed E-state index contributed by atoms with van der Waals surface area (Å²) in [6, 6.07) is 5.24. The highest BCUT2D eigenvalue weighted by Crippen LogP contribution is 2.32. The Kier molecular flexibility index (Phi) is 4.47. The molecule has 1 aliphatic heterocycles. The van der Waals surface area contributed by atoms with Crippen molar-refractivity contribution in [3.05, 3.63) is 57.8 Å². The minimum atomic E-state index is -4.47. The van der Waals surface area contributed by atoms with Crippen molar-refractivity contribution >= 4 is 11.0 Å². The van der Waals surface area contributed by atoms with E-state index in [1.165, 1.54) is 24.4 Å². The molecule has 1 atom stereocenters. The Labute approximate surface area is 152 Å². The van der Waals surface area contributed by atoms with E-state index < -0.39 is 17.3 Å². The first-order chi connectivity index (χ1) is 12.9. The summed E-state index contributed by atoms with van der Waals surface area (Å²) in [5.41, 5.74) is -0.724. The maximum absolute atomic E-state index is 13.2. The van der Waals surface area contributed by atoms with E-state index in [2.05, 4.69) is 15.1 Å². The molecule has 6 nitrogen and oxygen atoms in total. The van der Waals surface area contributed by atoms with Crippen molar-refractivity contribution < 1.29 is 17.9 Å². The molecule has 1 aromatic carbocycles. The average molecular weight is 378 g/mol. The fourth-order valence-corrected chi connectivity index (χ4v) is 3.38. The van der Waals surface area contributed by atoms with Gasteiger partial charge < -0.3 is 9.72 Å². The van der Waals surface area contributed by atoms with Gasteiger partial charge in [-0.15, -0.1) is 0 Å². The zero-order chi connectivity index (χ0) is 19.0. The SMILES string of the molecule is O=c1[nH]c(Cc2ccccc2C(F)(F)F)nc2c1cnn2C1CCCOC1. The number of aromatic nitrogens is 4. The fourth-order valence-electron chi connectivity index (χ4n) is 3.38. The summed E-state index contributed by atoms with van der Waals surface area (Å²) in [4.78, 5) is 19.4. The third-order valence-electron chi connectivity index (χ3n) is 4.68. The van der Waals surface area contributed by atoms with Gasteiger partial charge in [-0.2, -0.15) is 18.3 Å². The van der Waals surface area contributed by atoms with E-state index >= 15 is 0 Å². The molecule has 4 rings (SSSR count). The van der Waals surface area contributed by atoms with Crippen LogP contribution in [0.4, 0.5) is 13.2 Å². The minimum Gasteiger partial charge on any atom is -0.379 e. The Hall–Kier alpha value is -2.68. The quantitative estimate of drug-likeness (QED) is 0.760. The van der Waals surface area contributed by atoms with Gasteiger partial charge in [-0.25, -0.2) is 9.67 Å². The van der Waals surface area contributed by atoms with Crippen LogP contribution in [0.25, 0.3) is 11.0 Å². The topological polar surface area (TPSA) is 72.8 Å². The summed E-state index contributed by atoms with van der Waals surface area (Å²) in [5, 5.41) is 4.57. The molecule has 1 fully saturated rings. The molecule has 0 amide bonds. The summed E-state index contributed by atoms with van der Waals surface area (Å²) in [7, 11) is 0. The second-order valence-electron chi connectivity index (χ2n) is 6.54. The van der Waals surface area contributed by atoms with Crippen molar-refractivity contribution in [3.8, 4) is 0 Å². The van der Waals surface area contributed by atoms with Gasteiger partial charge in [0.05, 0.1) is 24.4 Å².